The van der Waals surface area contributed by atoms with Crippen molar-refractivity contribution in [1.29, 1.82) is 0 Å². The van der Waals surface area contributed by atoms with Crippen LogP contribution >= 0.6 is 0 Å². The molecule has 4 nitrogen and oxygen atoms in total. The number of nitrogens with zero attached hydrogens (tertiary/aromatic N) is 2. The number of hydrogen-bond donors (Lipinski definition) is 1. The number of hydrogen-bond acceptors (Lipinski definition) is 3. The number of carbonyl (C=O) groups is 1. The molecule has 0 unspecified atom stereocenters. The first-order valence-corrected chi connectivity index (χ1v) is 5.53. The summed E-state index contributed by atoms with van der Waals surface area (Å²) in [5.74, 6) is 0.0540. The van der Waals surface area contributed by atoms with Gasteiger partial charge >= 0.3 is 0 Å². The third-order valence-corrected chi connectivity index (χ3v) is 2.95. The molecule has 1 saturated heterocycles. The lowest BCUT2D eigenvalue weighted by atomic mass is 10.1. The Bertz CT molecular complexity index is 392. The van der Waals surface area contributed by atoms with Gasteiger partial charge in [0.15, 0.2) is 0 Å². The van der Waals surface area contributed by atoms with Crippen LogP contribution in [0.15, 0.2) is 18.3 Å². The molecule has 0 radical (unpaired) electrons. The number of aryl methyl sites for hydroxylation is 1. The molecule has 1 aromatic heterocycles. The monoisotopic (exact) mass is 220 g/mol. The molecule has 4 heteroatoms. The number of carbonyl (C=O) groups excluding carboxylic acids is 1. The van der Waals surface area contributed by atoms with Gasteiger partial charge in [0.1, 0.15) is 0 Å². The molecule has 1 N–H and O–H groups in total. The van der Waals surface area contributed by atoms with Crippen LogP contribution in [0.5, 0.6) is 0 Å². The Morgan fingerprint density at radius 2 is 2.50 bits per heavy atom. The van der Waals surface area contributed by atoms with Crippen LogP contribution in [0.4, 0.5) is 0 Å². The highest BCUT2D eigenvalue weighted by Crippen LogP contribution is 2.12. The predicted octanol–water partition coefficient (Wildman–Crippen LogP) is 0.526. The Balaban J connectivity index is 2.00. The highest BCUT2D eigenvalue weighted by atomic mass is 16.3. The zero-order valence-electron chi connectivity index (χ0n) is 9.39. The van der Waals surface area contributed by atoms with E-state index in [0.717, 1.165) is 11.3 Å². The normalized spacial score (nSPS) is 20.1. The molecular weight excluding hydrogens is 204 g/mol. The van der Waals surface area contributed by atoms with Gasteiger partial charge in [0.2, 0.25) is 5.91 Å². The fourth-order valence-electron chi connectivity index (χ4n) is 1.93. The maximum Gasteiger partial charge on any atom is 0.228 e. The molecular formula is C12H16N2O2. The maximum absolute atomic E-state index is 11.9. The van der Waals surface area contributed by atoms with E-state index in [-0.39, 0.29) is 12.0 Å². The van der Waals surface area contributed by atoms with Gasteiger partial charge < -0.3 is 10.0 Å². The van der Waals surface area contributed by atoms with Crippen molar-refractivity contribution >= 4 is 5.91 Å². The van der Waals surface area contributed by atoms with E-state index in [1.165, 1.54) is 0 Å². The van der Waals surface area contributed by atoms with Crippen LogP contribution < -0.4 is 0 Å². The summed E-state index contributed by atoms with van der Waals surface area (Å²) in [4.78, 5) is 17.8. The Labute approximate surface area is 94.9 Å². The molecule has 0 aliphatic carbocycles. The third kappa shape index (κ3) is 2.39. The molecule has 1 fully saturated rings. The van der Waals surface area contributed by atoms with Gasteiger partial charge in [-0.3, -0.25) is 9.78 Å². The van der Waals surface area contributed by atoms with Crippen molar-refractivity contribution < 1.29 is 9.90 Å². The van der Waals surface area contributed by atoms with Crippen molar-refractivity contribution in [2.45, 2.75) is 25.9 Å². The SMILES string of the molecule is Cc1cccnc1CC(=O)N1CC[C@@H](O)C1. The minimum atomic E-state index is -0.353. The molecule has 0 spiro atoms. The fraction of sp³-hybridized carbons (Fsp3) is 0.500. The summed E-state index contributed by atoms with van der Waals surface area (Å²) in [5, 5.41) is 9.36. The molecule has 0 bridgehead atoms. The van der Waals surface area contributed by atoms with E-state index < -0.39 is 0 Å². The number of aromatic nitrogens is 1. The zero-order chi connectivity index (χ0) is 11.5. The molecule has 0 saturated carbocycles. The number of β-amino-alcohol motifs (C(OH)–C–C–N with tert-alkyl or cyclic N) is 1. The van der Waals surface area contributed by atoms with Crippen LogP contribution in [0.3, 0.4) is 0 Å². The molecule has 1 aliphatic rings. The van der Waals surface area contributed by atoms with E-state index in [2.05, 4.69) is 4.98 Å². The van der Waals surface area contributed by atoms with Gasteiger partial charge in [-0.25, -0.2) is 0 Å². The standard InChI is InChI=1S/C12H16N2O2/c1-9-3-2-5-13-11(9)7-12(16)14-6-4-10(15)8-14/h2-3,5,10,15H,4,6-8H2,1H3/t10-/m1/s1. The van der Waals surface area contributed by atoms with Gasteiger partial charge in [-0.1, -0.05) is 6.07 Å². The Hall–Kier alpha value is -1.42. The second kappa shape index (κ2) is 4.61. The van der Waals surface area contributed by atoms with Crippen molar-refractivity contribution in [3.05, 3.63) is 29.6 Å². The summed E-state index contributed by atoms with van der Waals surface area (Å²) in [6.45, 7) is 3.07. The molecule has 2 rings (SSSR count). The molecule has 16 heavy (non-hydrogen) atoms. The zero-order valence-corrected chi connectivity index (χ0v) is 9.39. The molecule has 1 amide bonds. The number of rotatable bonds is 2. The van der Waals surface area contributed by atoms with Crippen molar-refractivity contribution in [1.82, 2.24) is 9.88 Å². The lowest BCUT2D eigenvalue weighted by Gasteiger charge is -2.15. The van der Waals surface area contributed by atoms with Crippen molar-refractivity contribution in [3.8, 4) is 0 Å². The molecule has 1 atom stereocenters. The van der Waals surface area contributed by atoms with Crippen LogP contribution in [-0.4, -0.2) is 40.1 Å². The summed E-state index contributed by atoms with van der Waals surface area (Å²) in [7, 11) is 0. The van der Waals surface area contributed by atoms with E-state index in [1.54, 1.807) is 11.1 Å². The van der Waals surface area contributed by atoms with Crippen molar-refractivity contribution in [3.63, 3.8) is 0 Å². The van der Waals surface area contributed by atoms with Crippen molar-refractivity contribution in [2.75, 3.05) is 13.1 Å². The minimum absolute atomic E-state index is 0.0540. The van der Waals surface area contributed by atoms with Crippen LogP contribution in [0.2, 0.25) is 0 Å². The van der Waals surface area contributed by atoms with Gasteiger partial charge in [0.05, 0.1) is 18.2 Å². The fourth-order valence-corrected chi connectivity index (χ4v) is 1.93. The van der Waals surface area contributed by atoms with Crippen LogP contribution in [0, 0.1) is 6.92 Å². The van der Waals surface area contributed by atoms with Gasteiger partial charge in [0, 0.05) is 19.3 Å². The van der Waals surface area contributed by atoms with Crippen molar-refractivity contribution in [2.24, 2.45) is 0 Å². The van der Waals surface area contributed by atoms with E-state index in [0.29, 0.717) is 25.9 Å². The van der Waals surface area contributed by atoms with Crippen LogP contribution in [-0.2, 0) is 11.2 Å². The summed E-state index contributed by atoms with van der Waals surface area (Å²) in [5.41, 5.74) is 1.87. The molecule has 0 aromatic carbocycles. The third-order valence-electron chi connectivity index (χ3n) is 2.95. The van der Waals surface area contributed by atoms with E-state index >= 15 is 0 Å². The summed E-state index contributed by atoms with van der Waals surface area (Å²) in [6, 6.07) is 3.82. The molecule has 1 aromatic rings. The van der Waals surface area contributed by atoms with Gasteiger partial charge in [-0.15, -0.1) is 0 Å². The predicted molar refractivity (Wildman–Crippen MR) is 59.9 cm³/mol. The quantitative estimate of drug-likeness (QED) is 0.790. The highest BCUT2D eigenvalue weighted by molar-refractivity contribution is 5.78. The van der Waals surface area contributed by atoms with Crippen LogP contribution in [0.1, 0.15) is 17.7 Å². The summed E-state index contributed by atoms with van der Waals surface area (Å²) >= 11 is 0. The number of likely N-dealkylation sites (tertiary alicyclic amines) is 1. The number of aliphatic hydroxyl groups excluding tert-OH is 1. The maximum atomic E-state index is 11.9. The van der Waals surface area contributed by atoms with Gasteiger partial charge in [-0.05, 0) is 25.0 Å². The average molecular weight is 220 g/mol. The highest BCUT2D eigenvalue weighted by Gasteiger charge is 2.24. The Morgan fingerprint density at radius 3 is 3.12 bits per heavy atom. The largest absolute Gasteiger partial charge is 0.391 e. The lowest BCUT2D eigenvalue weighted by Crippen LogP contribution is -2.31. The average Bonchev–Trinajstić information content (AvgIpc) is 2.68. The number of pyridine rings is 1. The first-order valence-electron chi connectivity index (χ1n) is 5.53. The second-order valence-corrected chi connectivity index (χ2v) is 4.23. The summed E-state index contributed by atoms with van der Waals surface area (Å²) in [6.07, 6.45) is 2.37. The van der Waals surface area contributed by atoms with E-state index in [1.807, 2.05) is 19.1 Å². The lowest BCUT2D eigenvalue weighted by molar-refractivity contribution is -0.129. The van der Waals surface area contributed by atoms with E-state index in [4.69, 9.17) is 0 Å². The first-order chi connectivity index (χ1) is 7.66. The van der Waals surface area contributed by atoms with E-state index in [9.17, 15) is 9.90 Å². The minimum Gasteiger partial charge on any atom is -0.391 e. The van der Waals surface area contributed by atoms with Crippen LogP contribution in [0.25, 0.3) is 0 Å². The number of aliphatic hydroxyl groups is 1. The van der Waals surface area contributed by atoms with Gasteiger partial charge in [-0.2, -0.15) is 0 Å². The first kappa shape index (κ1) is 11.1. The molecule has 1 aliphatic heterocycles. The number of amides is 1. The smallest absolute Gasteiger partial charge is 0.228 e. The topological polar surface area (TPSA) is 53.4 Å². The summed E-state index contributed by atoms with van der Waals surface area (Å²) < 4.78 is 0. The molecule has 2 heterocycles. The Morgan fingerprint density at radius 1 is 1.69 bits per heavy atom. The Kier molecular flexibility index (Phi) is 3.19. The molecule has 86 valence electrons. The van der Waals surface area contributed by atoms with Gasteiger partial charge in [0.25, 0.3) is 0 Å². The second-order valence-electron chi connectivity index (χ2n) is 4.23.